The predicted octanol–water partition coefficient (Wildman–Crippen LogP) is 5.25. The van der Waals surface area contributed by atoms with Gasteiger partial charge in [0.2, 0.25) is 0 Å². The molecule has 2 heterocycles. The van der Waals surface area contributed by atoms with E-state index in [1.807, 2.05) is 36.4 Å². The number of rotatable bonds is 8. The van der Waals surface area contributed by atoms with Gasteiger partial charge < -0.3 is 24.9 Å². The van der Waals surface area contributed by atoms with E-state index in [0.29, 0.717) is 32.8 Å². The van der Waals surface area contributed by atoms with E-state index in [-0.39, 0.29) is 12.0 Å². The minimum absolute atomic E-state index is 0.0101. The van der Waals surface area contributed by atoms with E-state index < -0.39 is 11.5 Å². The lowest BCUT2D eigenvalue weighted by Crippen LogP contribution is -2.49. The second-order valence-electron chi connectivity index (χ2n) is 10.3. The summed E-state index contributed by atoms with van der Waals surface area (Å²) in [5, 5.41) is 16.5. The van der Waals surface area contributed by atoms with E-state index in [9.17, 15) is 5.11 Å². The number of ether oxygens (including phenoxy) is 2. The first kappa shape index (κ1) is 23.4. The van der Waals surface area contributed by atoms with Crippen LogP contribution in [0.3, 0.4) is 0 Å². The number of H-pyrrole nitrogens is 1. The average molecular weight is 483 g/mol. The van der Waals surface area contributed by atoms with Crippen LogP contribution in [0.4, 0.5) is 0 Å². The molecule has 3 atom stereocenters. The molecule has 4 aromatic rings. The van der Waals surface area contributed by atoms with Crippen LogP contribution in [-0.4, -0.2) is 36.0 Å². The maximum Gasteiger partial charge on any atom is 0.0717 e. The molecule has 1 aliphatic carbocycles. The van der Waals surface area contributed by atoms with Gasteiger partial charge in [-0.2, -0.15) is 0 Å². The summed E-state index contributed by atoms with van der Waals surface area (Å²) in [4.78, 5) is 3.78. The number of hydrogen-bond acceptors (Lipinski definition) is 4. The molecule has 5 nitrogen and oxygen atoms in total. The molecule has 0 unspecified atom stereocenters. The van der Waals surface area contributed by atoms with E-state index in [1.165, 1.54) is 10.9 Å². The summed E-state index contributed by atoms with van der Waals surface area (Å²) >= 11 is 0. The molecule has 1 saturated heterocycles. The lowest BCUT2D eigenvalue weighted by atomic mass is 9.69. The van der Waals surface area contributed by atoms with Crippen molar-refractivity contribution in [2.75, 3.05) is 19.8 Å². The first-order chi connectivity index (χ1) is 17.7. The largest absolute Gasteiger partial charge is 0.393 e. The van der Waals surface area contributed by atoms with E-state index in [2.05, 4.69) is 58.8 Å². The maximum atomic E-state index is 11.5. The first-order valence-corrected chi connectivity index (χ1v) is 13.0. The van der Waals surface area contributed by atoms with E-state index >= 15 is 0 Å². The number of aromatic amines is 1. The van der Waals surface area contributed by atoms with Crippen molar-refractivity contribution < 1.29 is 14.6 Å². The molecule has 0 saturated carbocycles. The lowest BCUT2D eigenvalue weighted by Gasteiger charge is -2.42. The number of hydrogen-bond donors (Lipinski definition) is 3. The van der Waals surface area contributed by atoms with Crippen molar-refractivity contribution >= 4 is 10.9 Å². The quantitative estimate of drug-likeness (QED) is 0.321. The third kappa shape index (κ3) is 4.37. The Balaban J connectivity index is 1.41. The molecule has 3 N–H and O–H groups in total. The smallest absolute Gasteiger partial charge is 0.0717 e. The van der Waals surface area contributed by atoms with Crippen LogP contribution in [0.5, 0.6) is 0 Å². The van der Waals surface area contributed by atoms with Gasteiger partial charge in [-0.1, -0.05) is 78.9 Å². The zero-order chi connectivity index (χ0) is 24.4. The summed E-state index contributed by atoms with van der Waals surface area (Å²) < 4.78 is 13.0. The minimum Gasteiger partial charge on any atom is -0.393 e. The highest BCUT2D eigenvalue weighted by Crippen LogP contribution is 2.49. The lowest BCUT2D eigenvalue weighted by molar-refractivity contribution is -0.0529. The minimum atomic E-state index is -0.492. The zero-order valence-corrected chi connectivity index (χ0v) is 20.5. The Kier molecular flexibility index (Phi) is 6.63. The third-order valence-electron chi connectivity index (χ3n) is 8.03. The van der Waals surface area contributed by atoms with Crippen LogP contribution in [0.1, 0.15) is 41.3 Å². The summed E-state index contributed by atoms with van der Waals surface area (Å²) in [6, 6.07) is 29.2. The van der Waals surface area contributed by atoms with Crippen LogP contribution < -0.4 is 5.32 Å². The second-order valence-corrected chi connectivity index (χ2v) is 10.3. The molecule has 0 radical (unpaired) electrons. The molecular formula is C31H34N2O3. The Bertz CT molecular complexity index is 1240. The molecule has 3 aromatic carbocycles. The Hall–Kier alpha value is -2.96. The predicted molar refractivity (Wildman–Crippen MR) is 142 cm³/mol. The summed E-state index contributed by atoms with van der Waals surface area (Å²) in [7, 11) is 0. The molecule has 0 amide bonds. The van der Waals surface area contributed by atoms with E-state index in [0.717, 1.165) is 35.3 Å². The highest BCUT2D eigenvalue weighted by molar-refractivity contribution is 5.86. The van der Waals surface area contributed by atoms with Crippen LogP contribution in [0.15, 0.2) is 84.9 Å². The van der Waals surface area contributed by atoms with Gasteiger partial charge >= 0.3 is 0 Å². The highest BCUT2D eigenvalue weighted by atomic mass is 16.5. The molecule has 2 bridgehead atoms. The number of fused-ring (bicyclic) bond motifs is 7. The van der Waals surface area contributed by atoms with Gasteiger partial charge in [0, 0.05) is 28.6 Å². The van der Waals surface area contributed by atoms with Crippen molar-refractivity contribution in [1.82, 2.24) is 10.3 Å². The highest BCUT2D eigenvalue weighted by Gasteiger charge is 2.51. The number of aromatic nitrogens is 1. The van der Waals surface area contributed by atoms with Crippen LogP contribution in [0, 0.1) is 5.92 Å². The normalized spacial score (nSPS) is 22.8. The van der Waals surface area contributed by atoms with Gasteiger partial charge in [0.25, 0.3) is 0 Å². The monoisotopic (exact) mass is 482 g/mol. The molecule has 5 heteroatoms. The molecule has 2 aliphatic rings. The van der Waals surface area contributed by atoms with Crippen molar-refractivity contribution in [3.63, 3.8) is 0 Å². The van der Waals surface area contributed by atoms with Gasteiger partial charge in [-0.3, -0.25) is 0 Å². The number of aliphatic hydroxyl groups excluding tert-OH is 1. The molecule has 186 valence electrons. The van der Waals surface area contributed by atoms with Crippen molar-refractivity contribution in [2.45, 2.75) is 43.6 Å². The zero-order valence-electron chi connectivity index (χ0n) is 20.5. The fourth-order valence-corrected chi connectivity index (χ4v) is 6.31. The standard InChI is InChI=1S/C31H34N2O3/c34-28-17-27-29-24-13-7-8-14-26(24)33-30(29)31(25(28)15-16-32-27,20-35-18-22-9-3-1-4-10-22)21-36-19-23-11-5-2-6-12-23/h1-14,25,27-28,32-34H,15-21H2/t25-,27+,28+/m0/s1. The summed E-state index contributed by atoms with van der Waals surface area (Å²) in [6.45, 7) is 2.88. The van der Waals surface area contributed by atoms with Crippen molar-refractivity contribution in [3.8, 4) is 0 Å². The van der Waals surface area contributed by atoms with Gasteiger partial charge in [-0.05, 0) is 42.1 Å². The Morgan fingerprint density at radius 3 is 2.08 bits per heavy atom. The van der Waals surface area contributed by atoms with Crippen molar-refractivity contribution in [2.24, 2.45) is 5.92 Å². The van der Waals surface area contributed by atoms with Gasteiger partial charge in [0.1, 0.15) is 0 Å². The van der Waals surface area contributed by atoms with E-state index in [4.69, 9.17) is 9.47 Å². The fraction of sp³-hybridized carbons (Fsp3) is 0.355. The van der Waals surface area contributed by atoms with E-state index in [1.54, 1.807) is 0 Å². The maximum absolute atomic E-state index is 11.5. The van der Waals surface area contributed by atoms with Gasteiger partial charge in [-0.15, -0.1) is 0 Å². The average Bonchev–Trinajstić information content (AvgIpc) is 3.15. The van der Waals surface area contributed by atoms with Crippen LogP contribution in [-0.2, 0) is 28.1 Å². The summed E-state index contributed by atoms with van der Waals surface area (Å²) in [6.07, 6.45) is 1.12. The first-order valence-electron chi connectivity index (χ1n) is 13.0. The molecule has 1 aliphatic heterocycles. The van der Waals surface area contributed by atoms with Crippen molar-refractivity contribution in [3.05, 3.63) is 107 Å². The number of benzene rings is 3. The van der Waals surface area contributed by atoms with Crippen LogP contribution >= 0.6 is 0 Å². The molecular weight excluding hydrogens is 448 g/mol. The van der Waals surface area contributed by atoms with Crippen LogP contribution in [0.2, 0.25) is 0 Å². The Labute approximate surface area is 212 Å². The molecule has 1 aromatic heterocycles. The third-order valence-corrected chi connectivity index (χ3v) is 8.03. The second kappa shape index (κ2) is 10.2. The van der Waals surface area contributed by atoms with Gasteiger partial charge in [-0.25, -0.2) is 0 Å². The molecule has 0 spiro atoms. The van der Waals surface area contributed by atoms with Crippen LogP contribution in [0.25, 0.3) is 10.9 Å². The topological polar surface area (TPSA) is 66.5 Å². The Morgan fingerprint density at radius 1 is 0.806 bits per heavy atom. The number of nitrogens with one attached hydrogen (secondary N) is 2. The van der Waals surface area contributed by atoms with Crippen molar-refractivity contribution in [1.29, 1.82) is 0 Å². The number of para-hydroxylation sites is 1. The molecule has 6 rings (SSSR count). The summed E-state index contributed by atoms with van der Waals surface area (Å²) in [5.41, 5.74) is 5.34. The Morgan fingerprint density at radius 2 is 1.42 bits per heavy atom. The van der Waals surface area contributed by atoms with Gasteiger partial charge in [0.15, 0.2) is 0 Å². The fourth-order valence-electron chi connectivity index (χ4n) is 6.31. The molecule has 1 fully saturated rings. The SMILES string of the molecule is O[C@@H]1C[C@H]2NCC[C@@H]1C(COCc1ccccc1)(COCc1ccccc1)c1[nH]c3ccccc3c12. The summed E-state index contributed by atoms with van der Waals surface area (Å²) in [5.74, 6) is 0.0101. The molecule has 36 heavy (non-hydrogen) atoms. The number of aliphatic hydroxyl groups is 1. The van der Waals surface area contributed by atoms with Gasteiger partial charge in [0.05, 0.1) is 37.9 Å².